The summed E-state index contributed by atoms with van der Waals surface area (Å²) in [5, 5.41) is 4.42. The number of nitrogens with one attached hydrogen (secondary N) is 1. The molecule has 0 aliphatic carbocycles. The minimum atomic E-state index is -3.26. The Hall–Kier alpha value is -2.49. The second kappa shape index (κ2) is 9.76. The number of carbonyl (C=O) groups is 1. The lowest BCUT2D eigenvalue weighted by molar-refractivity contribution is 0.0929. The van der Waals surface area contributed by atoms with Crippen molar-refractivity contribution in [3.05, 3.63) is 63.9 Å². The van der Waals surface area contributed by atoms with Crippen molar-refractivity contribution in [2.24, 2.45) is 0 Å². The molecule has 2 aromatic rings. The summed E-state index contributed by atoms with van der Waals surface area (Å²) in [5.41, 5.74) is 1.60. The highest BCUT2D eigenvalue weighted by molar-refractivity contribution is 7.93. The second-order valence-corrected chi connectivity index (χ2v) is 9.73. The molecule has 1 saturated heterocycles. The van der Waals surface area contributed by atoms with Gasteiger partial charge < -0.3 is 15.0 Å². The van der Waals surface area contributed by atoms with Gasteiger partial charge in [0.2, 0.25) is 0 Å². The summed E-state index contributed by atoms with van der Waals surface area (Å²) in [4.78, 5) is 23.6. The summed E-state index contributed by atoms with van der Waals surface area (Å²) in [5.74, 6) is 0.208. The highest BCUT2D eigenvalue weighted by Gasteiger charge is 2.28. The number of anilines is 1. The van der Waals surface area contributed by atoms with Crippen molar-refractivity contribution in [3.8, 4) is 0 Å². The van der Waals surface area contributed by atoms with Gasteiger partial charge in [-0.3, -0.25) is 4.79 Å². The van der Waals surface area contributed by atoms with E-state index in [0.29, 0.717) is 36.3 Å². The molecular formula is C21H25ClN4O4S. The molecule has 1 N–H and O–H groups in total. The quantitative estimate of drug-likeness (QED) is 0.701. The third kappa shape index (κ3) is 6.03. The van der Waals surface area contributed by atoms with Crippen LogP contribution in [-0.4, -0.2) is 56.3 Å². The summed E-state index contributed by atoms with van der Waals surface area (Å²) in [6, 6.07) is 7.01. The molecule has 10 heteroatoms. The average Bonchev–Trinajstić information content (AvgIpc) is 2.72. The number of aryl methyl sites for hydroxylation is 1. The van der Waals surface area contributed by atoms with Gasteiger partial charge in [0.15, 0.2) is 9.84 Å². The van der Waals surface area contributed by atoms with Crippen molar-refractivity contribution in [3.63, 3.8) is 0 Å². The van der Waals surface area contributed by atoms with E-state index in [1.807, 2.05) is 24.3 Å². The predicted octanol–water partition coefficient (Wildman–Crippen LogP) is 2.69. The van der Waals surface area contributed by atoms with Crippen LogP contribution in [0.15, 0.2) is 41.9 Å². The highest BCUT2D eigenvalue weighted by atomic mass is 35.5. The molecular weight excluding hydrogens is 440 g/mol. The first-order chi connectivity index (χ1) is 14.7. The summed E-state index contributed by atoms with van der Waals surface area (Å²) >= 11 is 6.40. The van der Waals surface area contributed by atoms with Crippen molar-refractivity contribution in [1.29, 1.82) is 0 Å². The van der Waals surface area contributed by atoms with E-state index in [4.69, 9.17) is 16.3 Å². The van der Waals surface area contributed by atoms with Crippen LogP contribution < -0.4 is 10.2 Å². The minimum Gasteiger partial charge on any atom is -0.377 e. The number of rotatable bonds is 6. The van der Waals surface area contributed by atoms with Crippen molar-refractivity contribution >= 4 is 33.2 Å². The molecule has 1 unspecified atom stereocenters. The number of sulfone groups is 1. The smallest absolute Gasteiger partial charge is 0.272 e. The number of ether oxygens (including phenoxy) is 1. The maximum absolute atomic E-state index is 12.6. The van der Waals surface area contributed by atoms with E-state index < -0.39 is 21.8 Å². The van der Waals surface area contributed by atoms with Crippen molar-refractivity contribution < 1.29 is 17.9 Å². The van der Waals surface area contributed by atoms with Gasteiger partial charge in [0.05, 0.1) is 31.1 Å². The number of halogens is 1. The van der Waals surface area contributed by atoms with Crippen molar-refractivity contribution in [2.75, 3.05) is 30.9 Å². The fourth-order valence-electron chi connectivity index (χ4n) is 3.30. The first-order valence-electron chi connectivity index (χ1n) is 9.77. The molecule has 1 aromatic heterocycles. The SMILES string of the molecule is Cc1nc(N2CCOCC2c2ccccc2Cl)cnc1C(=O)N[C@H](C)/C=C/S(C)(=O)=O. The standard InChI is InChI=1S/C21H25ClN4O4S/c1-14(8-11-31(3,28)29)24-21(27)20-15(2)25-19(12-23-20)26-9-10-30-13-18(26)16-6-4-5-7-17(16)22/h4-8,11-12,14,18H,9-10,13H2,1-3H3,(H,24,27)/b11-8+/t14-,18?/m1/s1. The predicted molar refractivity (Wildman–Crippen MR) is 120 cm³/mol. The Morgan fingerprint density at radius 1 is 1.39 bits per heavy atom. The van der Waals surface area contributed by atoms with Crippen molar-refractivity contribution in [1.82, 2.24) is 15.3 Å². The van der Waals surface area contributed by atoms with E-state index in [-0.39, 0.29) is 11.7 Å². The zero-order chi connectivity index (χ0) is 22.6. The van der Waals surface area contributed by atoms with Gasteiger partial charge in [-0.05, 0) is 25.5 Å². The molecule has 3 rings (SSSR count). The molecule has 1 aromatic carbocycles. The second-order valence-electron chi connectivity index (χ2n) is 7.39. The van der Waals surface area contributed by atoms with Gasteiger partial charge in [-0.15, -0.1) is 0 Å². The number of amides is 1. The summed E-state index contributed by atoms with van der Waals surface area (Å²) in [6.45, 7) is 5.03. The zero-order valence-corrected chi connectivity index (χ0v) is 19.2. The van der Waals surface area contributed by atoms with E-state index in [1.54, 1.807) is 20.0 Å². The summed E-state index contributed by atoms with van der Waals surface area (Å²) in [6.07, 6.45) is 4.06. The number of aromatic nitrogens is 2. The molecule has 1 aliphatic heterocycles. The lowest BCUT2D eigenvalue weighted by Crippen LogP contribution is -2.40. The number of hydrogen-bond donors (Lipinski definition) is 1. The van der Waals surface area contributed by atoms with Gasteiger partial charge in [-0.1, -0.05) is 35.9 Å². The maximum atomic E-state index is 12.6. The van der Waals surface area contributed by atoms with Gasteiger partial charge in [0.1, 0.15) is 11.5 Å². The number of nitrogens with zero attached hydrogens (tertiary/aromatic N) is 3. The first kappa shape index (κ1) is 23.2. The van der Waals surface area contributed by atoms with E-state index in [1.165, 1.54) is 6.08 Å². The van der Waals surface area contributed by atoms with Crippen LogP contribution in [0, 0.1) is 6.92 Å². The van der Waals surface area contributed by atoms with Crippen LogP contribution in [0.2, 0.25) is 5.02 Å². The number of benzene rings is 1. The number of hydrogen-bond acceptors (Lipinski definition) is 7. The van der Waals surface area contributed by atoms with Gasteiger partial charge in [0.25, 0.3) is 5.91 Å². The Kier molecular flexibility index (Phi) is 7.30. The highest BCUT2D eigenvalue weighted by Crippen LogP contribution is 2.32. The Morgan fingerprint density at radius 3 is 2.81 bits per heavy atom. The zero-order valence-electron chi connectivity index (χ0n) is 17.6. The van der Waals surface area contributed by atoms with Gasteiger partial charge in [-0.2, -0.15) is 0 Å². The molecule has 2 atom stereocenters. The Morgan fingerprint density at radius 2 is 2.13 bits per heavy atom. The molecule has 0 spiro atoms. The largest absolute Gasteiger partial charge is 0.377 e. The van der Waals surface area contributed by atoms with Gasteiger partial charge in [-0.25, -0.2) is 18.4 Å². The first-order valence-corrected chi connectivity index (χ1v) is 12.1. The normalized spacial score (nSPS) is 18.2. The molecule has 0 bridgehead atoms. The Labute approximate surface area is 187 Å². The third-order valence-corrected chi connectivity index (χ3v) is 5.81. The van der Waals surface area contributed by atoms with E-state index in [9.17, 15) is 13.2 Å². The lowest BCUT2D eigenvalue weighted by atomic mass is 10.0. The monoisotopic (exact) mass is 464 g/mol. The van der Waals surface area contributed by atoms with Crippen LogP contribution >= 0.6 is 11.6 Å². The summed E-state index contributed by atoms with van der Waals surface area (Å²) in [7, 11) is -3.26. The molecule has 166 valence electrons. The topological polar surface area (TPSA) is 101 Å². The lowest BCUT2D eigenvalue weighted by Gasteiger charge is -2.37. The molecule has 1 amide bonds. The molecule has 2 heterocycles. The van der Waals surface area contributed by atoms with E-state index in [0.717, 1.165) is 17.2 Å². The van der Waals surface area contributed by atoms with Crippen LogP contribution in [0.25, 0.3) is 0 Å². The maximum Gasteiger partial charge on any atom is 0.272 e. The molecule has 1 fully saturated rings. The minimum absolute atomic E-state index is 0.114. The Balaban J connectivity index is 1.80. The van der Waals surface area contributed by atoms with Crippen LogP contribution in [0.1, 0.15) is 34.7 Å². The Bertz CT molecular complexity index is 1090. The van der Waals surface area contributed by atoms with Gasteiger partial charge >= 0.3 is 0 Å². The third-order valence-electron chi connectivity index (χ3n) is 4.81. The average molecular weight is 465 g/mol. The number of morpholine rings is 1. The molecule has 0 saturated carbocycles. The van der Waals surface area contributed by atoms with E-state index >= 15 is 0 Å². The molecule has 31 heavy (non-hydrogen) atoms. The van der Waals surface area contributed by atoms with E-state index in [2.05, 4.69) is 20.2 Å². The van der Waals surface area contributed by atoms with Crippen LogP contribution in [0.4, 0.5) is 5.82 Å². The van der Waals surface area contributed by atoms with Crippen LogP contribution in [0.3, 0.4) is 0 Å². The van der Waals surface area contributed by atoms with Gasteiger partial charge in [0, 0.05) is 29.3 Å². The van der Waals surface area contributed by atoms with Crippen LogP contribution in [0.5, 0.6) is 0 Å². The molecule has 8 nitrogen and oxygen atoms in total. The fraction of sp³-hybridized carbons (Fsp3) is 0.381. The fourth-order valence-corrected chi connectivity index (χ4v) is 4.08. The molecule has 0 radical (unpaired) electrons. The number of carbonyl (C=O) groups excluding carboxylic acids is 1. The van der Waals surface area contributed by atoms with Crippen LogP contribution in [-0.2, 0) is 14.6 Å². The summed E-state index contributed by atoms with van der Waals surface area (Å²) < 4.78 is 28.1. The van der Waals surface area contributed by atoms with Crippen molar-refractivity contribution in [2.45, 2.75) is 25.9 Å². The molecule has 1 aliphatic rings.